The Morgan fingerprint density at radius 2 is 1.26 bits per heavy atom. The third-order valence-corrected chi connectivity index (χ3v) is 8.11. The van der Waals surface area contributed by atoms with E-state index in [-0.39, 0.29) is 18.7 Å². The first kappa shape index (κ1) is 23.8. The van der Waals surface area contributed by atoms with Crippen molar-refractivity contribution in [1.82, 2.24) is 14.5 Å². The molecule has 34 heavy (non-hydrogen) atoms. The second-order valence-corrected chi connectivity index (χ2v) is 10.2. The fourth-order valence-corrected chi connectivity index (χ4v) is 5.74. The van der Waals surface area contributed by atoms with E-state index in [4.69, 9.17) is 0 Å². The van der Waals surface area contributed by atoms with E-state index in [1.807, 2.05) is 17.0 Å². The number of rotatable bonds is 6. The van der Waals surface area contributed by atoms with Crippen molar-refractivity contribution in [2.75, 3.05) is 49.1 Å². The van der Waals surface area contributed by atoms with Gasteiger partial charge in [0.05, 0.1) is 14.7 Å². The summed E-state index contributed by atoms with van der Waals surface area (Å²) >= 11 is 0. The van der Waals surface area contributed by atoms with Crippen molar-refractivity contribution in [2.24, 2.45) is 0 Å². The van der Waals surface area contributed by atoms with Gasteiger partial charge in [0.15, 0.2) is 11.6 Å². The van der Waals surface area contributed by atoms with E-state index in [0.717, 1.165) is 43.9 Å². The summed E-state index contributed by atoms with van der Waals surface area (Å²) in [5.41, 5.74) is -1.39. The summed E-state index contributed by atoms with van der Waals surface area (Å²) in [7, 11) is -4.16. The summed E-state index contributed by atoms with van der Waals surface area (Å²) < 4.78 is 27.5. The van der Waals surface area contributed by atoms with E-state index in [1.165, 1.54) is 17.6 Å². The molecule has 1 aromatic heterocycles. The van der Waals surface area contributed by atoms with Crippen LogP contribution in [0.4, 0.5) is 23.0 Å². The Bertz CT molecular complexity index is 1160. The number of sulfonamides is 1. The molecule has 14 heteroatoms. The molecule has 2 fully saturated rings. The number of piperazine rings is 1. The van der Waals surface area contributed by atoms with Crippen LogP contribution in [-0.4, -0.2) is 72.0 Å². The quantitative estimate of drug-likeness (QED) is 0.433. The number of nitrogens with zero attached hydrogens (tertiary/aromatic N) is 7. The number of benzene rings is 1. The Hall–Kier alpha value is -3.39. The second kappa shape index (κ2) is 9.46. The lowest BCUT2D eigenvalue weighted by Gasteiger charge is -2.34. The Kier molecular flexibility index (Phi) is 6.61. The highest BCUT2D eigenvalue weighted by molar-refractivity contribution is 7.89. The summed E-state index contributed by atoms with van der Waals surface area (Å²) in [6.45, 7) is 4.03. The summed E-state index contributed by atoms with van der Waals surface area (Å²) in [5, 5.41) is 31.3. The van der Waals surface area contributed by atoms with Crippen molar-refractivity contribution in [3.8, 4) is 0 Å². The number of piperidine rings is 1. The summed E-state index contributed by atoms with van der Waals surface area (Å²) in [4.78, 5) is 24.7. The molecule has 0 spiro atoms. The Morgan fingerprint density at radius 1 is 0.794 bits per heavy atom. The van der Waals surface area contributed by atoms with Gasteiger partial charge in [-0.2, -0.15) is 4.31 Å². The number of nitro benzene ring substituents is 2. The van der Waals surface area contributed by atoms with Crippen LogP contribution >= 0.6 is 0 Å². The van der Waals surface area contributed by atoms with Crippen molar-refractivity contribution in [1.29, 1.82) is 0 Å². The van der Waals surface area contributed by atoms with Crippen molar-refractivity contribution in [3.63, 3.8) is 0 Å². The maximum Gasteiger partial charge on any atom is 0.280 e. The van der Waals surface area contributed by atoms with Gasteiger partial charge in [-0.1, -0.05) is 0 Å². The number of aromatic nitrogens is 2. The minimum absolute atomic E-state index is 0.105. The van der Waals surface area contributed by atoms with E-state index in [9.17, 15) is 28.6 Å². The summed E-state index contributed by atoms with van der Waals surface area (Å²) in [6, 6.07) is 5.55. The zero-order chi connectivity index (χ0) is 24.5. The molecular weight excluding hydrogens is 466 g/mol. The van der Waals surface area contributed by atoms with Gasteiger partial charge < -0.3 is 9.80 Å². The van der Waals surface area contributed by atoms with Crippen LogP contribution in [0.1, 0.15) is 24.8 Å². The standard InChI is InChI=1S/C20H25N7O6S/c1-15-17(26(28)29)13-16(14-18(15)27(30)31)34(32,33)25-11-9-24(10-12-25)20-6-5-19(21-22-20)23-7-3-2-4-8-23/h5-6,13-14H,2-4,7-12H2,1H3. The predicted molar refractivity (Wildman–Crippen MR) is 124 cm³/mol. The molecule has 13 nitrogen and oxygen atoms in total. The number of nitro groups is 2. The normalized spacial score (nSPS) is 17.6. The molecule has 0 bridgehead atoms. The van der Waals surface area contributed by atoms with Crippen LogP contribution in [-0.2, 0) is 10.0 Å². The fourth-order valence-electron chi connectivity index (χ4n) is 4.27. The first-order valence-corrected chi connectivity index (χ1v) is 12.4. The van der Waals surface area contributed by atoms with E-state index in [0.29, 0.717) is 18.9 Å². The molecule has 0 radical (unpaired) electrons. The van der Waals surface area contributed by atoms with Crippen LogP contribution in [0.15, 0.2) is 29.2 Å². The molecule has 2 aliphatic rings. The van der Waals surface area contributed by atoms with E-state index in [2.05, 4.69) is 15.1 Å². The molecule has 0 aliphatic carbocycles. The molecule has 4 rings (SSSR count). The largest absolute Gasteiger partial charge is 0.355 e. The third kappa shape index (κ3) is 4.63. The third-order valence-electron chi connectivity index (χ3n) is 6.24. The Balaban J connectivity index is 1.48. The molecule has 3 heterocycles. The van der Waals surface area contributed by atoms with Gasteiger partial charge in [-0.3, -0.25) is 20.2 Å². The number of anilines is 2. The molecule has 2 saturated heterocycles. The van der Waals surface area contributed by atoms with Crippen LogP contribution in [0, 0.1) is 27.2 Å². The van der Waals surface area contributed by atoms with Crippen molar-refractivity contribution >= 4 is 33.0 Å². The summed E-state index contributed by atoms with van der Waals surface area (Å²) in [6.07, 6.45) is 3.48. The van der Waals surface area contributed by atoms with Gasteiger partial charge >= 0.3 is 0 Å². The van der Waals surface area contributed by atoms with Crippen LogP contribution in [0.2, 0.25) is 0 Å². The Labute approximate surface area is 196 Å². The maximum absolute atomic E-state index is 13.1. The molecule has 0 N–H and O–H groups in total. The van der Waals surface area contributed by atoms with Gasteiger partial charge in [-0.15, -0.1) is 10.2 Å². The van der Waals surface area contributed by atoms with Crippen LogP contribution in [0.5, 0.6) is 0 Å². The van der Waals surface area contributed by atoms with E-state index in [1.54, 1.807) is 0 Å². The number of hydrogen-bond donors (Lipinski definition) is 0. The predicted octanol–water partition coefficient (Wildman–Crippen LogP) is 2.10. The molecule has 0 atom stereocenters. The van der Waals surface area contributed by atoms with E-state index < -0.39 is 36.1 Å². The monoisotopic (exact) mass is 491 g/mol. The topological polar surface area (TPSA) is 156 Å². The SMILES string of the molecule is Cc1c([N+](=O)[O-])cc(S(=O)(=O)N2CCN(c3ccc(N4CCCCC4)nn3)CC2)cc1[N+](=O)[O-]. The maximum atomic E-state index is 13.1. The lowest BCUT2D eigenvalue weighted by atomic mass is 10.1. The minimum atomic E-state index is -4.16. The van der Waals surface area contributed by atoms with Crippen LogP contribution in [0.25, 0.3) is 0 Å². The average Bonchev–Trinajstić information content (AvgIpc) is 2.84. The molecule has 0 unspecified atom stereocenters. The van der Waals surface area contributed by atoms with Crippen LogP contribution in [0.3, 0.4) is 0 Å². The molecule has 182 valence electrons. The highest BCUT2D eigenvalue weighted by Gasteiger charge is 2.33. The lowest BCUT2D eigenvalue weighted by molar-refractivity contribution is -0.395. The molecule has 1 aromatic carbocycles. The molecule has 0 saturated carbocycles. The van der Waals surface area contributed by atoms with Crippen LogP contribution < -0.4 is 9.80 Å². The van der Waals surface area contributed by atoms with E-state index >= 15 is 0 Å². The second-order valence-electron chi connectivity index (χ2n) is 8.29. The first-order valence-electron chi connectivity index (χ1n) is 11.0. The fraction of sp³-hybridized carbons (Fsp3) is 0.500. The molecule has 2 aromatic rings. The highest BCUT2D eigenvalue weighted by atomic mass is 32.2. The lowest BCUT2D eigenvalue weighted by Crippen LogP contribution is -2.49. The van der Waals surface area contributed by atoms with Gasteiger partial charge in [0, 0.05) is 51.4 Å². The summed E-state index contributed by atoms with van der Waals surface area (Å²) in [5.74, 6) is 1.46. The highest BCUT2D eigenvalue weighted by Crippen LogP contribution is 2.33. The van der Waals surface area contributed by atoms with Crippen molar-refractivity contribution in [2.45, 2.75) is 31.1 Å². The zero-order valence-corrected chi connectivity index (χ0v) is 19.5. The van der Waals surface area contributed by atoms with Gasteiger partial charge in [-0.25, -0.2) is 8.42 Å². The van der Waals surface area contributed by atoms with Gasteiger partial charge in [-0.05, 0) is 38.3 Å². The molecule has 2 aliphatic heterocycles. The molecular formula is C20H25N7O6S. The van der Waals surface area contributed by atoms with Gasteiger partial charge in [0.25, 0.3) is 11.4 Å². The number of hydrogen-bond acceptors (Lipinski definition) is 10. The smallest absolute Gasteiger partial charge is 0.280 e. The average molecular weight is 492 g/mol. The zero-order valence-electron chi connectivity index (χ0n) is 18.7. The first-order chi connectivity index (χ1) is 16.2. The van der Waals surface area contributed by atoms with Gasteiger partial charge in [0.2, 0.25) is 10.0 Å². The Morgan fingerprint density at radius 3 is 1.71 bits per heavy atom. The van der Waals surface area contributed by atoms with Crippen molar-refractivity contribution in [3.05, 3.63) is 50.1 Å². The molecule has 0 amide bonds. The van der Waals surface area contributed by atoms with Crippen molar-refractivity contribution < 1.29 is 18.3 Å². The minimum Gasteiger partial charge on any atom is -0.355 e. The van der Waals surface area contributed by atoms with Gasteiger partial charge in [0.1, 0.15) is 5.56 Å².